The number of benzene rings is 3. The number of carbonyl (C=O) groups is 2. The molecule has 214 valence electrons. The molecule has 1 amide bonds. The van der Waals surface area contributed by atoms with Crippen LogP contribution >= 0.6 is 0 Å². The molecule has 4 rings (SSSR count). The van der Waals surface area contributed by atoms with Gasteiger partial charge in [-0.1, -0.05) is 44.2 Å². The summed E-state index contributed by atoms with van der Waals surface area (Å²) in [4.78, 5) is 25.0. The minimum Gasteiger partial charge on any atom is -0.508 e. The summed E-state index contributed by atoms with van der Waals surface area (Å²) < 4.78 is 16.0. The second-order valence-corrected chi connectivity index (χ2v) is 10.4. The molecule has 3 aromatic carbocycles. The third-order valence-corrected chi connectivity index (χ3v) is 7.00. The van der Waals surface area contributed by atoms with Crippen LogP contribution in [0.4, 0.5) is 10.1 Å². The second kappa shape index (κ2) is 13.3. The first-order chi connectivity index (χ1) is 19.7. The molecule has 0 aliphatic heterocycles. The van der Waals surface area contributed by atoms with Crippen LogP contribution in [0.5, 0.6) is 5.75 Å². The molecule has 1 aromatic heterocycles. The number of rotatable bonds is 12. The fourth-order valence-electron chi connectivity index (χ4n) is 5.14. The Kier molecular flexibility index (Phi) is 9.57. The van der Waals surface area contributed by atoms with Crippen LogP contribution in [-0.2, 0) is 11.3 Å². The number of carbonyl (C=O) groups excluding carboxylic acids is 1. The van der Waals surface area contributed by atoms with Crippen molar-refractivity contribution in [2.45, 2.75) is 58.1 Å². The summed E-state index contributed by atoms with van der Waals surface area (Å²) in [5, 5.41) is 32.3. The van der Waals surface area contributed by atoms with E-state index in [1.165, 1.54) is 24.3 Å². The number of aliphatic hydroxyl groups excluding tert-OH is 1. The fourth-order valence-corrected chi connectivity index (χ4v) is 5.14. The smallest absolute Gasteiger partial charge is 0.303 e. The zero-order valence-corrected chi connectivity index (χ0v) is 23.2. The summed E-state index contributed by atoms with van der Waals surface area (Å²) in [6.07, 6.45) is 0.302. The first-order valence-corrected chi connectivity index (χ1v) is 13.7. The van der Waals surface area contributed by atoms with Gasteiger partial charge < -0.3 is 25.2 Å². The summed E-state index contributed by atoms with van der Waals surface area (Å²) in [5.41, 5.74) is 4.70. The quantitative estimate of drug-likeness (QED) is 0.139. The van der Waals surface area contributed by atoms with Crippen molar-refractivity contribution in [1.29, 1.82) is 0 Å². The SMILES string of the molecule is CC(C)c1c(C(=O)Nc2ccc(O)cc2)c(-c2ccccc2)c(-c2ccc(F)cc2)n1CC[C@@H](O)CCCC(=O)O. The van der Waals surface area contributed by atoms with E-state index >= 15 is 0 Å². The van der Waals surface area contributed by atoms with E-state index in [9.17, 15) is 24.2 Å². The lowest BCUT2D eigenvalue weighted by molar-refractivity contribution is -0.137. The average Bonchev–Trinajstić information content (AvgIpc) is 3.29. The molecule has 1 heterocycles. The first-order valence-electron chi connectivity index (χ1n) is 13.7. The normalized spacial score (nSPS) is 11.9. The van der Waals surface area contributed by atoms with Crippen LogP contribution < -0.4 is 5.32 Å². The largest absolute Gasteiger partial charge is 0.508 e. The highest BCUT2D eigenvalue weighted by molar-refractivity contribution is 6.12. The zero-order valence-electron chi connectivity index (χ0n) is 23.2. The number of carboxylic acids is 1. The molecule has 0 saturated carbocycles. The fraction of sp³-hybridized carbons (Fsp3) is 0.273. The number of carboxylic acid groups (broad SMARTS) is 1. The van der Waals surface area contributed by atoms with Crippen molar-refractivity contribution in [2.24, 2.45) is 0 Å². The standard InChI is InChI=1S/C33H35FN2O5/c1-21(2)31-30(33(41)35-25-15-17-27(38)18-16-25)29(22-7-4-3-5-8-22)32(23-11-13-24(34)14-12-23)36(31)20-19-26(37)9-6-10-28(39)40/h3-5,7-8,11-18,21,26,37-38H,6,9-10,19-20H2,1-2H3,(H,35,41)(H,39,40)/t26-/m0/s1. The van der Waals surface area contributed by atoms with E-state index in [0.29, 0.717) is 42.6 Å². The third kappa shape index (κ3) is 7.21. The molecule has 8 heteroatoms. The molecular formula is C33H35FN2O5. The average molecular weight is 559 g/mol. The maximum Gasteiger partial charge on any atom is 0.303 e. The maximum absolute atomic E-state index is 14.1. The number of aromatic hydroxyl groups is 1. The monoisotopic (exact) mass is 558 g/mol. The number of aliphatic hydroxyl groups is 1. The van der Waals surface area contributed by atoms with Gasteiger partial charge in [-0.3, -0.25) is 9.59 Å². The van der Waals surface area contributed by atoms with E-state index in [0.717, 1.165) is 22.5 Å². The van der Waals surface area contributed by atoms with Crippen molar-refractivity contribution in [2.75, 3.05) is 5.32 Å². The van der Waals surface area contributed by atoms with E-state index in [-0.39, 0.29) is 29.8 Å². The topological polar surface area (TPSA) is 112 Å². The Morgan fingerprint density at radius 1 is 0.902 bits per heavy atom. The summed E-state index contributed by atoms with van der Waals surface area (Å²) in [5.74, 6) is -1.63. The van der Waals surface area contributed by atoms with Gasteiger partial charge in [0.25, 0.3) is 5.91 Å². The number of nitrogens with zero attached hydrogens (tertiary/aromatic N) is 1. The van der Waals surface area contributed by atoms with Gasteiger partial charge in [0.05, 0.1) is 17.4 Å². The summed E-state index contributed by atoms with van der Waals surface area (Å²) in [6.45, 7) is 4.35. The predicted molar refractivity (Wildman–Crippen MR) is 158 cm³/mol. The Morgan fingerprint density at radius 3 is 2.17 bits per heavy atom. The number of anilines is 1. The Labute approximate surface area is 238 Å². The summed E-state index contributed by atoms with van der Waals surface area (Å²) in [7, 11) is 0. The van der Waals surface area contributed by atoms with Gasteiger partial charge in [-0.2, -0.15) is 0 Å². The number of phenols is 1. The molecule has 4 N–H and O–H groups in total. The Bertz CT molecular complexity index is 1480. The lowest BCUT2D eigenvalue weighted by atomic mass is 9.94. The highest BCUT2D eigenvalue weighted by Crippen LogP contribution is 2.42. The van der Waals surface area contributed by atoms with E-state index in [2.05, 4.69) is 5.32 Å². The van der Waals surface area contributed by atoms with E-state index < -0.39 is 12.1 Å². The number of nitrogens with one attached hydrogen (secondary N) is 1. The van der Waals surface area contributed by atoms with Crippen LogP contribution in [0.15, 0.2) is 78.9 Å². The van der Waals surface area contributed by atoms with Crippen molar-refractivity contribution in [3.05, 3.63) is 95.9 Å². The van der Waals surface area contributed by atoms with E-state index in [1.54, 1.807) is 24.3 Å². The van der Waals surface area contributed by atoms with Crippen molar-refractivity contribution >= 4 is 17.6 Å². The zero-order chi connectivity index (χ0) is 29.5. The molecule has 0 aliphatic rings. The van der Waals surface area contributed by atoms with Gasteiger partial charge in [-0.25, -0.2) is 4.39 Å². The number of amides is 1. The Morgan fingerprint density at radius 2 is 1.56 bits per heavy atom. The first kappa shape index (κ1) is 29.6. The van der Waals surface area contributed by atoms with Crippen LogP contribution in [0, 0.1) is 5.82 Å². The summed E-state index contributed by atoms with van der Waals surface area (Å²) in [6, 6.07) is 21.9. The van der Waals surface area contributed by atoms with Crippen molar-refractivity contribution in [3.8, 4) is 28.1 Å². The Hall–Kier alpha value is -4.43. The van der Waals surface area contributed by atoms with Crippen LogP contribution in [0.2, 0.25) is 0 Å². The van der Waals surface area contributed by atoms with Gasteiger partial charge in [0, 0.05) is 29.9 Å². The van der Waals surface area contributed by atoms with Gasteiger partial charge in [-0.05, 0) is 84.8 Å². The molecule has 0 bridgehead atoms. The van der Waals surface area contributed by atoms with Crippen LogP contribution in [-0.4, -0.2) is 37.9 Å². The van der Waals surface area contributed by atoms with Gasteiger partial charge >= 0.3 is 5.97 Å². The van der Waals surface area contributed by atoms with Gasteiger partial charge in [0.1, 0.15) is 11.6 Å². The highest BCUT2D eigenvalue weighted by Gasteiger charge is 2.30. The van der Waals surface area contributed by atoms with Crippen LogP contribution in [0.25, 0.3) is 22.4 Å². The number of halogens is 1. The van der Waals surface area contributed by atoms with Crippen molar-refractivity contribution in [1.82, 2.24) is 4.57 Å². The third-order valence-electron chi connectivity index (χ3n) is 7.00. The number of hydrogen-bond acceptors (Lipinski definition) is 4. The van der Waals surface area contributed by atoms with Gasteiger partial charge in [0.15, 0.2) is 0 Å². The molecule has 4 aromatic rings. The minimum atomic E-state index is -0.903. The molecule has 0 aliphatic carbocycles. The van der Waals surface area contributed by atoms with Crippen LogP contribution in [0.1, 0.15) is 61.5 Å². The molecule has 1 atom stereocenters. The van der Waals surface area contributed by atoms with Crippen molar-refractivity contribution < 1.29 is 29.3 Å². The predicted octanol–water partition coefficient (Wildman–Crippen LogP) is 7.05. The molecular weight excluding hydrogens is 523 g/mol. The van der Waals surface area contributed by atoms with E-state index in [1.807, 2.05) is 48.7 Å². The molecule has 7 nitrogen and oxygen atoms in total. The van der Waals surface area contributed by atoms with Gasteiger partial charge in [0.2, 0.25) is 0 Å². The molecule has 0 fully saturated rings. The molecule has 0 spiro atoms. The second-order valence-electron chi connectivity index (χ2n) is 10.4. The number of aliphatic carboxylic acids is 1. The molecule has 0 radical (unpaired) electrons. The lowest BCUT2D eigenvalue weighted by Crippen LogP contribution is -2.18. The summed E-state index contributed by atoms with van der Waals surface area (Å²) >= 11 is 0. The Balaban J connectivity index is 1.89. The minimum absolute atomic E-state index is 0.0155. The van der Waals surface area contributed by atoms with E-state index in [4.69, 9.17) is 5.11 Å². The number of aromatic nitrogens is 1. The molecule has 0 unspecified atom stereocenters. The van der Waals surface area contributed by atoms with Gasteiger partial charge in [-0.15, -0.1) is 0 Å². The molecule has 41 heavy (non-hydrogen) atoms. The lowest BCUT2D eigenvalue weighted by Gasteiger charge is -2.19. The van der Waals surface area contributed by atoms with Crippen LogP contribution in [0.3, 0.4) is 0 Å². The number of hydrogen-bond donors (Lipinski definition) is 4. The van der Waals surface area contributed by atoms with Crippen molar-refractivity contribution in [3.63, 3.8) is 0 Å². The molecule has 0 saturated heterocycles. The maximum atomic E-state index is 14.1. The number of phenolic OH excluding ortho intramolecular Hbond substituents is 1. The highest BCUT2D eigenvalue weighted by atomic mass is 19.1.